The second kappa shape index (κ2) is 5.65. The van der Waals surface area contributed by atoms with E-state index >= 15 is 0 Å². The van der Waals surface area contributed by atoms with E-state index in [2.05, 4.69) is 11.3 Å². The summed E-state index contributed by atoms with van der Waals surface area (Å²) in [5, 5.41) is 5.06. The maximum absolute atomic E-state index is 10.4. The average Bonchev–Trinajstić information content (AvgIpc) is 1.85. The summed E-state index contributed by atoms with van der Waals surface area (Å²) in [5.74, 6) is 0.301. The van der Waals surface area contributed by atoms with E-state index in [0.29, 0.717) is 12.2 Å². The van der Waals surface area contributed by atoms with Crippen molar-refractivity contribution in [2.75, 3.05) is 5.75 Å². The molecule has 0 amide bonds. The molecule has 4 heteroatoms. The van der Waals surface area contributed by atoms with Gasteiger partial charge in [-0.25, -0.2) is 0 Å². The number of ether oxygens (including phenoxy) is 1. The van der Waals surface area contributed by atoms with Crippen LogP contribution in [-0.4, -0.2) is 11.7 Å². The molecule has 0 aliphatic carbocycles. The van der Waals surface area contributed by atoms with Crippen LogP contribution >= 0.6 is 11.9 Å². The SMILES string of the molecule is C=COC(=O)CCSN. The van der Waals surface area contributed by atoms with Crippen LogP contribution in [0.1, 0.15) is 6.42 Å². The first-order valence-electron chi connectivity index (χ1n) is 2.43. The second-order valence-electron chi connectivity index (χ2n) is 1.28. The minimum atomic E-state index is -0.289. The molecule has 0 aromatic carbocycles. The maximum Gasteiger partial charge on any atom is 0.311 e. The van der Waals surface area contributed by atoms with Crippen LogP contribution in [0, 0.1) is 0 Å². The zero-order chi connectivity index (χ0) is 7.11. The fourth-order valence-electron chi connectivity index (χ4n) is 0.294. The molecule has 52 valence electrons. The van der Waals surface area contributed by atoms with Gasteiger partial charge in [-0.2, -0.15) is 0 Å². The number of carbonyl (C=O) groups is 1. The van der Waals surface area contributed by atoms with Gasteiger partial charge in [-0.05, 0) is 0 Å². The minimum Gasteiger partial charge on any atom is -0.435 e. The Morgan fingerprint density at radius 3 is 3.00 bits per heavy atom. The quantitative estimate of drug-likeness (QED) is 0.361. The van der Waals surface area contributed by atoms with Crippen LogP contribution in [0.2, 0.25) is 0 Å². The summed E-state index contributed by atoms with van der Waals surface area (Å²) >= 11 is 1.12. The molecule has 0 aromatic heterocycles. The summed E-state index contributed by atoms with van der Waals surface area (Å²) in [5.41, 5.74) is 0. The summed E-state index contributed by atoms with van der Waals surface area (Å²) in [6, 6.07) is 0. The van der Waals surface area contributed by atoms with Crippen molar-refractivity contribution in [3.05, 3.63) is 12.8 Å². The van der Waals surface area contributed by atoms with Gasteiger partial charge in [0.25, 0.3) is 0 Å². The molecule has 0 saturated carbocycles. The first-order chi connectivity index (χ1) is 4.31. The van der Waals surface area contributed by atoms with E-state index in [1.165, 1.54) is 0 Å². The number of esters is 1. The largest absolute Gasteiger partial charge is 0.435 e. The molecule has 0 unspecified atom stereocenters. The lowest BCUT2D eigenvalue weighted by atomic mass is 10.5. The van der Waals surface area contributed by atoms with Crippen LogP contribution in [0.4, 0.5) is 0 Å². The van der Waals surface area contributed by atoms with Crippen molar-refractivity contribution < 1.29 is 9.53 Å². The lowest BCUT2D eigenvalue weighted by Crippen LogP contribution is -2.01. The molecule has 0 aliphatic rings. The molecule has 0 rings (SSSR count). The van der Waals surface area contributed by atoms with Crippen molar-refractivity contribution in [3.8, 4) is 0 Å². The van der Waals surface area contributed by atoms with Crippen LogP contribution in [0.3, 0.4) is 0 Å². The summed E-state index contributed by atoms with van der Waals surface area (Å²) < 4.78 is 4.40. The van der Waals surface area contributed by atoms with Crippen molar-refractivity contribution >= 4 is 17.9 Å². The van der Waals surface area contributed by atoms with Crippen molar-refractivity contribution in [2.24, 2.45) is 5.14 Å². The van der Waals surface area contributed by atoms with Gasteiger partial charge in [0.1, 0.15) is 0 Å². The van der Waals surface area contributed by atoms with Crippen molar-refractivity contribution in [1.29, 1.82) is 0 Å². The molecule has 0 radical (unpaired) electrons. The van der Waals surface area contributed by atoms with E-state index in [4.69, 9.17) is 5.14 Å². The van der Waals surface area contributed by atoms with Crippen molar-refractivity contribution in [3.63, 3.8) is 0 Å². The molecule has 9 heavy (non-hydrogen) atoms. The monoisotopic (exact) mass is 147 g/mol. The van der Waals surface area contributed by atoms with Gasteiger partial charge in [0.15, 0.2) is 0 Å². The Morgan fingerprint density at radius 2 is 2.56 bits per heavy atom. The van der Waals surface area contributed by atoms with E-state index in [1.54, 1.807) is 0 Å². The van der Waals surface area contributed by atoms with E-state index < -0.39 is 0 Å². The lowest BCUT2D eigenvalue weighted by molar-refractivity contribution is -0.137. The second-order valence-corrected chi connectivity index (χ2v) is 2.02. The fraction of sp³-hybridized carbons (Fsp3) is 0.400. The Bertz CT molecular complexity index is 105. The molecule has 0 atom stereocenters. The van der Waals surface area contributed by atoms with Crippen LogP contribution in [0.5, 0.6) is 0 Å². The Labute approximate surface area is 58.4 Å². The van der Waals surface area contributed by atoms with Gasteiger partial charge in [-0.15, -0.1) is 0 Å². The summed E-state index contributed by atoms with van der Waals surface area (Å²) in [7, 11) is 0. The molecular weight excluding hydrogens is 138 g/mol. The van der Waals surface area contributed by atoms with Crippen LogP contribution in [0.15, 0.2) is 12.8 Å². The van der Waals surface area contributed by atoms with Crippen molar-refractivity contribution in [1.82, 2.24) is 0 Å². The number of nitrogens with two attached hydrogens (primary N) is 1. The van der Waals surface area contributed by atoms with Crippen LogP contribution < -0.4 is 5.14 Å². The van der Waals surface area contributed by atoms with Gasteiger partial charge in [0, 0.05) is 5.75 Å². The highest BCUT2D eigenvalue weighted by Gasteiger charge is 1.97. The van der Waals surface area contributed by atoms with E-state index in [9.17, 15) is 4.79 Å². The van der Waals surface area contributed by atoms with E-state index in [-0.39, 0.29) is 5.97 Å². The number of hydrogen-bond donors (Lipinski definition) is 1. The van der Waals surface area contributed by atoms with E-state index in [0.717, 1.165) is 18.2 Å². The Hall–Kier alpha value is -0.480. The summed E-state index contributed by atoms with van der Waals surface area (Å²) in [4.78, 5) is 10.4. The molecular formula is C5H9NO2S. The van der Waals surface area contributed by atoms with Gasteiger partial charge in [0.2, 0.25) is 0 Å². The van der Waals surface area contributed by atoms with E-state index in [1.807, 2.05) is 0 Å². The maximum atomic E-state index is 10.4. The summed E-state index contributed by atoms with van der Waals surface area (Å²) in [6.45, 7) is 3.23. The number of hydrogen-bond acceptors (Lipinski definition) is 4. The highest BCUT2D eigenvalue weighted by atomic mass is 32.2. The third-order valence-corrected chi connectivity index (χ3v) is 1.08. The Kier molecular flexibility index (Phi) is 5.35. The van der Waals surface area contributed by atoms with Gasteiger partial charge < -0.3 is 4.74 Å². The van der Waals surface area contributed by atoms with Gasteiger partial charge >= 0.3 is 5.97 Å². The summed E-state index contributed by atoms with van der Waals surface area (Å²) in [6.07, 6.45) is 1.46. The third-order valence-electron chi connectivity index (χ3n) is 0.639. The molecule has 0 bridgehead atoms. The average molecular weight is 147 g/mol. The molecule has 0 saturated heterocycles. The fourth-order valence-corrected chi connectivity index (χ4v) is 0.579. The first-order valence-corrected chi connectivity index (χ1v) is 3.48. The number of carbonyl (C=O) groups excluding carboxylic acids is 1. The Balaban J connectivity index is 3.16. The standard InChI is InChI=1S/C5H9NO2S/c1-2-8-5(7)3-4-9-6/h2H,1,3-4,6H2. The molecule has 0 fully saturated rings. The molecule has 2 N–H and O–H groups in total. The predicted molar refractivity (Wildman–Crippen MR) is 37.6 cm³/mol. The zero-order valence-electron chi connectivity index (χ0n) is 5.00. The lowest BCUT2D eigenvalue weighted by Gasteiger charge is -1.94. The molecule has 0 spiro atoms. The highest BCUT2D eigenvalue weighted by molar-refractivity contribution is 7.97. The smallest absolute Gasteiger partial charge is 0.311 e. The highest BCUT2D eigenvalue weighted by Crippen LogP contribution is 1.93. The van der Waals surface area contributed by atoms with Crippen LogP contribution in [0.25, 0.3) is 0 Å². The molecule has 0 aromatic rings. The third kappa shape index (κ3) is 5.39. The first kappa shape index (κ1) is 8.52. The van der Waals surface area contributed by atoms with Crippen molar-refractivity contribution in [2.45, 2.75) is 6.42 Å². The van der Waals surface area contributed by atoms with Gasteiger partial charge in [0.05, 0.1) is 12.7 Å². The molecule has 3 nitrogen and oxygen atoms in total. The topological polar surface area (TPSA) is 52.3 Å². The molecule has 0 aliphatic heterocycles. The minimum absolute atomic E-state index is 0.289. The molecule has 0 heterocycles. The predicted octanol–water partition coefficient (Wildman–Crippen LogP) is 0.670. The van der Waals surface area contributed by atoms with Gasteiger partial charge in [-0.1, -0.05) is 18.5 Å². The Morgan fingerprint density at radius 1 is 1.89 bits per heavy atom. The number of rotatable bonds is 4. The zero-order valence-corrected chi connectivity index (χ0v) is 5.82. The van der Waals surface area contributed by atoms with Gasteiger partial charge in [-0.3, -0.25) is 9.93 Å². The van der Waals surface area contributed by atoms with Crippen LogP contribution in [-0.2, 0) is 9.53 Å². The normalized spacial score (nSPS) is 8.56.